The highest BCUT2D eigenvalue weighted by molar-refractivity contribution is 7.18. The molecule has 0 saturated heterocycles. The number of amides is 2. The molecule has 1 aromatic heterocycles. The lowest BCUT2D eigenvalue weighted by molar-refractivity contribution is -0.116. The molecule has 8 nitrogen and oxygen atoms in total. The highest BCUT2D eigenvalue weighted by atomic mass is 32.1. The zero-order valence-electron chi connectivity index (χ0n) is 17.7. The van der Waals surface area contributed by atoms with E-state index in [1.54, 1.807) is 32.0 Å². The molecule has 0 saturated carbocycles. The van der Waals surface area contributed by atoms with E-state index in [1.807, 2.05) is 6.92 Å². The van der Waals surface area contributed by atoms with E-state index in [0.717, 1.165) is 11.3 Å². The van der Waals surface area contributed by atoms with Gasteiger partial charge in [-0.3, -0.25) is 9.59 Å². The van der Waals surface area contributed by atoms with Crippen molar-refractivity contribution in [2.75, 3.05) is 31.5 Å². The molecule has 0 fully saturated rings. The molecule has 2 amide bonds. The van der Waals surface area contributed by atoms with Gasteiger partial charge in [-0.2, -0.15) is 0 Å². The summed E-state index contributed by atoms with van der Waals surface area (Å²) in [5, 5.41) is 5.81. The molecule has 0 radical (unpaired) electrons. The van der Waals surface area contributed by atoms with Crippen LogP contribution in [0.3, 0.4) is 0 Å². The molecule has 0 aliphatic carbocycles. The van der Waals surface area contributed by atoms with Crippen molar-refractivity contribution in [2.45, 2.75) is 33.6 Å². The number of ether oxygens (including phenoxy) is 3. The van der Waals surface area contributed by atoms with Gasteiger partial charge in [-0.15, -0.1) is 11.3 Å². The number of hydrogen-bond donors (Lipinski definition) is 2. The van der Waals surface area contributed by atoms with Crippen LogP contribution in [0.15, 0.2) is 18.2 Å². The maximum atomic E-state index is 13.0. The maximum absolute atomic E-state index is 13.0. The third kappa shape index (κ3) is 5.29. The van der Waals surface area contributed by atoms with Crippen molar-refractivity contribution in [2.24, 2.45) is 0 Å². The highest BCUT2D eigenvalue weighted by Crippen LogP contribution is 2.36. The van der Waals surface area contributed by atoms with Crippen LogP contribution in [0, 0.1) is 6.92 Å². The van der Waals surface area contributed by atoms with Crippen molar-refractivity contribution in [1.82, 2.24) is 0 Å². The molecule has 9 heteroatoms. The Kier molecular flexibility index (Phi) is 8.23. The third-order valence-electron chi connectivity index (χ3n) is 4.22. The molecule has 1 aromatic carbocycles. The summed E-state index contributed by atoms with van der Waals surface area (Å²) in [6.45, 7) is 5.40. The van der Waals surface area contributed by atoms with Gasteiger partial charge in [0.15, 0.2) is 0 Å². The van der Waals surface area contributed by atoms with Crippen molar-refractivity contribution in [3.8, 4) is 11.5 Å². The number of carbonyl (C=O) groups excluding carboxylic acids is 3. The van der Waals surface area contributed by atoms with E-state index in [-0.39, 0.29) is 23.0 Å². The third-order valence-corrected chi connectivity index (χ3v) is 5.42. The molecule has 2 aromatic rings. The van der Waals surface area contributed by atoms with Crippen LogP contribution in [-0.4, -0.2) is 38.6 Å². The molecule has 162 valence electrons. The van der Waals surface area contributed by atoms with Crippen LogP contribution in [0.2, 0.25) is 0 Å². The van der Waals surface area contributed by atoms with Crippen LogP contribution < -0.4 is 20.1 Å². The number of methoxy groups -OCH3 is 2. The van der Waals surface area contributed by atoms with Crippen molar-refractivity contribution >= 4 is 39.8 Å². The first-order valence-electron chi connectivity index (χ1n) is 9.49. The highest BCUT2D eigenvalue weighted by Gasteiger charge is 2.27. The van der Waals surface area contributed by atoms with Crippen molar-refractivity contribution < 1.29 is 28.6 Å². The summed E-state index contributed by atoms with van der Waals surface area (Å²) in [7, 11) is 3.02. The fourth-order valence-electron chi connectivity index (χ4n) is 2.77. The number of rotatable bonds is 9. The van der Waals surface area contributed by atoms with Gasteiger partial charge in [-0.1, -0.05) is 6.92 Å². The van der Waals surface area contributed by atoms with Gasteiger partial charge >= 0.3 is 5.97 Å². The second-order valence-electron chi connectivity index (χ2n) is 6.30. The molecule has 1 heterocycles. The molecule has 0 unspecified atom stereocenters. The topological polar surface area (TPSA) is 103 Å². The summed E-state index contributed by atoms with van der Waals surface area (Å²) >= 11 is 1.03. The Hall–Kier alpha value is -3.07. The summed E-state index contributed by atoms with van der Waals surface area (Å²) in [5.74, 6) is -0.249. The number of anilines is 2. The molecule has 0 aliphatic rings. The second kappa shape index (κ2) is 10.6. The van der Waals surface area contributed by atoms with Gasteiger partial charge in [-0.25, -0.2) is 4.79 Å². The van der Waals surface area contributed by atoms with Crippen LogP contribution in [0.25, 0.3) is 0 Å². The lowest BCUT2D eigenvalue weighted by atomic mass is 10.1. The number of nitrogens with one attached hydrogen (secondary N) is 2. The molecule has 0 aliphatic heterocycles. The van der Waals surface area contributed by atoms with E-state index in [1.165, 1.54) is 14.2 Å². The normalized spacial score (nSPS) is 10.3. The van der Waals surface area contributed by atoms with Crippen LogP contribution in [-0.2, 0) is 9.53 Å². The van der Waals surface area contributed by atoms with Crippen LogP contribution in [0.5, 0.6) is 11.5 Å². The van der Waals surface area contributed by atoms with Crippen molar-refractivity contribution in [1.29, 1.82) is 0 Å². The summed E-state index contributed by atoms with van der Waals surface area (Å²) < 4.78 is 15.6. The Balaban J connectivity index is 2.42. The summed E-state index contributed by atoms with van der Waals surface area (Å²) in [5.41, 5.74) is 1.04. The quantitative estimate of drug-likeness (QED) is 0.572. The van der Waals surface area contributed by atoms with Gasteiger partial charge in [0.25, 0.3) is 5.91 Å². The van der Waals surface area contributed by atoms with Crippen LogP contribution in [0.4, 0.5) is 10.7 Å². The van der Waals surface area contributed by atoms with E-state index < -0.39 is 11.9 Å². The Labute approximate surface area is 179 Å². The maximum Gasteiger partial charge on any atom is 0.341 e. The minimum absolute atomic E-state index is 0.180. The molecule has 30 heavy (non-hydrogen) atoms. The largest absolute Gasteiger partial charge is 0.497 e. The number of thiophene rings is 1. The molecule has 0 bridgehead atoms. The summed E-state index contributed by atoms with van der Waals surface area (Å²) in [6, 6.07) is 5.02. The molecular weight excluding hydrogens is 408 g/mol. The summed E-state index contributed by atoms with van der Waals surface area (Å²) in [6.07, 6.45) is 0.968. The molecule has 0 atom stereocenters. The lowest BCUT2D eigenvalue weighted by Gasteiger charge is -2.11. The predicted molar refractivity (Wildman–Crippen MR) is 116 cm³/mol. The Morgan fingerprint density at radius 3 is 2.40 bits per heavy atom. The molecule has 0 spiro atoms. The number of benzene rings is 1. The second-order valence-corrected chi connectivity index (χ2v) is 7.32. The van der Waals surface area contributed by atoms with Crippen molar-refractivity contribution in [3.05, 3.63) is 34.2 Å². The Bertz CT molecular complexity index is 938. The first kappa shape index (κ1) is 23.2. The number of carbonyl (C=O) groups is 3. The Morgan fingerprint density at radius 1 is 1.07 bits per heavy atom. The fraction of sp³-hybridized carbons (Fsp3) is 0.381. The number of hydrogen-bond acceptors (Lipinski definition) is 7. The van der Waals surface area contributed by atoms with Gasteiger partial charge in [-0.05, 0) is 38.0 Å². The SMILES string of the molecule is CCCC(=O)Nc1sc(C(=O)Nc2cc(OC)ccc2OC)c(C)c1C(=O)OCC. The van der Waals surface area contributed by atoms with E-state index in [2.05, 4.69) is 10.6 Å². The first-order valence-corrected chi connectivity index (χ1v) is 10.3. The van der Waals surface area contributed by atoms with Crippen LogP contribution >= 0.6 is 11.3 Å². The average molecular weight is 435 g/mol. The van der Waals surface area contributed by atoms with Gasteiger partial charge in [0, 0.05) is 12.5 Å². The smallest absolute Gasteiger partial charge is 0.341 e. The zero-order valence-corrected chi connectivity index (χ0v) is 18.5. The van der Waals surface area contributed by atoms with Gasteiger partial charge in [0.05, 0.1) is 37.0 Å². The van der Waals surface area contributed by atoms with E-state index >= 15 is 0 Å². The molecular formula is C21H26N2O6S. The minimum atomic E-state index is -0.587. The molecule has 2 N–H and O–H groups in total. The minimum Gasteiger partial charge on any atom is -0.497 e. The van der Waals surface area contributed by atoms with Gasteiger partial charge in [0.2, 0.25) is 5.91 Å². The first-order chi connectivity index (χ1) is 14.4. The van der Waals surface area contributed by atoms with Gasteiger partial charge < -0.3 is 24.8 Å². The monoisotopic (exact) mass is 434 g/mol. The zero-order chi connectivity index (χ0) is 22.3. The lowest BCUT2D eigenvalue weighted by Crippen LogP contribution is -2.15. The fourth-order valence-corrected chi connectivity index (χ4v) is 3.88. The van der Waals surface area contributed by atoms with Gasteiger partial charge in [0.1, 0.15) is 16.5 Å². The van der Waals surface area contributed by atoms with Crippen LogP contribution in [0.1, 0.15) is 52.3 Å². The van der Waals surface area contributed by atoms with E-state index in [0.29, 0.717) is 40.6 Å². The average Bonchev–Trinajstić information content (AvgIpc) is 3.04. The van der Waals surface area contributed by atoms with E-state index in [9.17, 15) is 14.4 Å². The standard InChI is InChI=1S/C21H26N2O6S/c1-6-8-16(24)23-20-17(21(26)29-7-2)12(3)18(30-20)19(25)22-14-11-13(27-4)9-10-15(14)28-5/h9-11H,6-8H2,1-5H3,(H,22,25)(H,23,24). The Morgan fingerprint density at radius 2 is 1.80 bits per heavy atom. The summed E-state index contributed by atoms with van der Waals surface area (Å²) in [4.78, 5) is 37.8. The predicted octanol–water partition coefficient (Wildman–Crippen LogP) is 4.24. The van der Waals surface area contributed by atoms with E-state index in [4.69, 9.17) is 14.2 Å². The molecule has 2 rings (SSSR count). The number of esters is 1. The van der Waals surface area contributed by atoms with Crippen molar-refractivity contribution in [3.63, 3.8) is 0 Å².